The summed E-state index contributed by atoms with van der Waals surface area (Å²) in [5.74, 6) is 2.32. The molecule has 0 spiro atoms. The maximum absolute atomic E-state index is 2.42. The Hall–Kier alpha value is 0. The van der Waals surface area contributed by atoms with Crippen LogP contribution in [0.1, 0.15) is 26.7 Å². The molecule has 0 heterocycles. The molecular formula is C7H12. The minimum absolute atomic E-state index is 0.884. The minimum atomic E-state index is 0.884. The zero-order valence-corrected chi connectivity index (χ0v) is 5.07. The molecule has 0 aromatic carbocycles. The van der Waals surface area contributed by atoms with Gasteiger partial charge in [0.15, 0.2) is 0 Å². The molecule has 7 heavy (non-hydrogen) atoms. The second-order valence-corrected chi connectivity index (χ2v) is 3.33. The van der Waals surface area contributed by atoms with Crippen LogP contribution in [-0.2, 0) is 0 Å². The first-order valence-corrected chi connectivity index (χ1v) is 3.29. The van der Waals surface area contributed by atoms with Crippen LogP contribution in [0.4, 0.5) is 0 Å². The summed E-state index contributed by atoms with van der Waals surface area (Å²) in [6.07, 6.45) is 2.98. The van der Waals surface area contributed by atoms with Crippen molar-refractivity contribution in [2.75, 3.05) is 0 Å². The monoisotopic (exact) mass is 96.1 g/mol. The molecule has 0 heteroatoms. The number of hydrogen-bond acceptors (Lipinski definition) is 0. The van der Waals surface area contributed by atoms with E-state index in [9.17, 15) is 0 Å². The van der Waals surface area contributed by atoms with Crippen molar-refractivity contribution in [2.45, 2.75) is 26.7 Å². The van der Waals surface area contributed by atoms with Crippen LogP contribution in [0.2, 0.25) is 0 Å². The van der Waals surface area contributed by atoms with Crippen molar-refractivity contribution < 1.29 is 0 Å². The third kappa shape index (κ3) is 0.266. The molecule has 0 radical (unpaired) electrons. The van der Waals surface area contributed by atoms with E-state index in [1.807, 2.05) is 0 Å². The van der Waals surface area contributed by atoms with Crippen molar-refractivity contribution in [1.29, 1.82) is 0 Å². The summed E-state index contributed by atoms with van der Waals surface area (Å²) in [5.41, 5.74) is 0.884. The molecule has 0 bridgehead atoms. The predicted molar refractivity (Wildman–Crippen MR) is 30.0 cm³/mol. The molecule has 2 saturated carbocycles. The summed E-state index contributed by atoms with van der Waals surface area (Å²) in [6, 6.07) is 0. The van der Waals surface area contributed by atoms with Crippen molar-refractivity contribution >= 4 is 0 Å². The lowest BCUT2D eigenvalue weighted by Crippen LogP contribution is -1.90. The molecule has 0 aromatic rings. The third-order valence-electron chi connectivity index (χ3n) is 3.01. The van der Waals surface area contributed by atoms with E-state index in [0.29, 0.717) is 0 Å². The fraction of sp³-hybridized carbons (Fsp3) is 1.00. The third-order valence-corrected chi connectivity index (χ3v) is 3.01. The maximum Gasteiger partial charge on any atom is -0.0260 e. The largest absolute Gasteiger partial charge is 0.0651 e. The van der Waals surface area contributed by atoms with Gasteiger partial charge in [-0.15, -0.1) is 0 Å². The Morgan fingerprint density at radius 1 is 1.71 bits per heavy atom. The van der Waals surface area contributed by atoms with Crippen LogP contribution in [0, 0.1) is 17.3 Å². The normalized spacial score (nSPS) is 64.3. The Bertz CT molecular complexity index is 107. The molecule has 2 fully saturated rings. The molecule has 2 aliphatic carbocycles. The molecule has 0 N–H and O–H groups in total. The van der Waals surface area contributed by atoms with Gasteiger partial charge in [-0.2, -0.15) is 0 Å². The predicted octanol–water partition coefficient (Wildman–Crippen LogP) is 2.05. The van der Waals surface area contributed by atoms with Crippen molar-refractivity contribution in [3.63, 3.8) is 0 Å². The Balaban J connectivity index is 2.02. The molecule has 0 saturated heterocycles. The lowest BCUT2D eigenvalue weighted by molar-refractivity contribution is 0.505. The minimum Gasteiger partial charge on any atom is -0.0651 e. The summed E-state index contributed by atoms with van der Waals surface area (Å²) in [6.45, 7) is 4.73. The maximum atomic E-state index is 2.42. The quantitative estimate of drug-likeness (QED) is 0.468. The van der Waals surface area contributed by atoms with E-state index in [4.69, 9.17) is 0 Å². The Morgan fingerprint density at radius 2 is 2.29 bits per heavy atom. The van der Waals surface area contributed by atoms with Gasteiger partial charge in [0, 0.05) is 0 Å². The number of rotatable bonds is 1. The second-order valence-electron chi connectivity index (χ2n) is 3.33. The molecule has 2 aliphatic rings. The van der Waals surface area contributed by atoms with E-state index in [1.165, 1.54) is 12.3 Å². The van der Waals surface area contributed by atoms with E-state index >= 15 is 0 Å². The van der Waals surface area contributed by atoms with Crippen LogP contribution in [0.15, 0.2) is 0 Å². The number of fused-ring (bicyclic) bond motifs is 1. The lowest BCUT2D eigenvalue weighted by atomic mass is 10.1. The Kier molecular flexibility index (Phi) is 0.430. The summed E-state index contributed by atoms with van der Waals surface area (Å²) in [7, 11) is 0. The zero-order chi connectivity index (χ0) is 5.07. The van der Waals surface area contributed by atoms with Crippen LogP contribution in [-0.4, -0.2) is 0 Å². The summed E-state index contributed by atoms with van der Waals surface area (Å²) in [4.78, 5) is 0. The highest BCUT2D eigenvalue weighted by Crippen LogP contribution is 2.80. The first-order valence-electron chi connectivity index (χ1n) is 3.29. The van der Waals surface area contributed by atoms with E-state index in [2.05, 4.69) is 13.8 Å². The topological polar surface area (TPSA) is 0 Å². The van der Waals surface area contributed by atoms with Crippen molar-refractivity contribution in [2.24, 2.45) is 17.3 Å². The first kappa shape index (κ1) is 3.94. The van der Waals surface area contributed by atoms with E-state index in [1.54, 1.807) is 6.42 Å². The van der Waals surface area contributed by atoms with Gasteiger partial charge >= 0.3 is 0 Å². The second kappa shape index (κ2) is 0.765. The highest BCUT2D eigenvalue weighted by Gasteiger charge is 2.73. The molecular weight excluding hydrogens is 84.1 g/mol. The fourth-order valence-corrected chi connectivity index (χ4v) is 2.06. The van der Waals surface area contributed by atoms with E-state index < -0.39 is 0 Å². The van der Waals surface area contributed by atoms with Gasteiger partial charge in [-0.3, -0.25) is 0 Å². The molecule has 2 rings (SSSR count). The molecule has 0 nitrogen and oxygen atoms in total. The van der Waals surface area contributed by atoms with Gasteiger partial charge in [0.1, 0.15) is 0 Å². The van der Waals surface area contributed by atoms with Crippen LogP contribution in [0.5, 0.6) is 0 Å². The van der Waals surface area contributed by atoms with Gasteiger partial charge in [0.2, 0.25) is 0 Å². The van der Waals surface area contributed by atoms with Gasteiger partial charge in [0.25, 0.3) is 0 Å². The van der Waals surface area contributed by atoms with Crippen molar-refractivity contribution in [3.8, 4) is 0 Å². The van der Waals surface area contributed by atoms with Gasteiger partial charge in [-0.1, -0.05) is 20.3 Å². The van der Waals surface area contributed by atoms with E-state index in [0.717, 1.165) is 11.3 Å². The van der Waals surface area contributed by atoms with Crippen LogP contribution in [0.3, 0.4) is 0 Å². The smallest absolute Gasteiger partial charge is 0.0260 e. The molecule has 0 aliphatic heterocycles. The SMILES string of the molecule is CCC1C2CC12C. The standard InChI is InChI=1S/C7H12/c1-3-5-6-4-7(5,6)2/h5-6H,3-4H2,1-2H3. The number of hydrogen-bond donors (Lipinski definition) is 0. The summed E-state index contributed by atoms with van der Waals surface area (Å²) < 4.78 is 0. The molecule has 0 aromatic heterocycles. The summed E-state index contributed by atoms with van der Waals surface area (Å²) in [5, 5.41) is 0. The van der Waals surface area contributed by atoms with Crippen molar-refractivity contribution in [1.82, 2.24) is 0 Å². The average Bonchev–Trinajstić information content (AvgIpc) is 2.28. The zero-order valence-electron chi connectivity index (χ0n) is 5.07. The summed E-state index contributed by atoms with van der Waals surface area (Å²) >= 11 is 0. The van der Waals surface area contributed by atoms with Crippen LogP contribution < -0.4 is 0 Å². The fourth-order valence-electron chi connectivity index (χ4n) is 2.06. The van der Waals surface area contributed by atoms with Gasteiger partial charge in [-0.05, 0) is 23.7 Å². The van der Waals surface area contributed by atoms with Crippen molar-refractivity contribution in [3.05, 3.63) is 0 Å². The molecule has 40 valence electrons. The van der Waals surface area contributed by atoms with Gasteiger partial charge in [-0.25, -0.2) is 0 Å². The molecule has 0 amide bonds. The Labute approximate surface area is 44.9 Å². The van der Waals surface area contributed by atoms with Crippen LogP contribution >= 0.6 is 0 Å². The highest BCUT2D eigenvalue weighted by atomic mass is 14.8. The average molecular weight is 96.2 g/mol. The molecule has 3 unspecified atom stereocenters. The van der Waals surface area contributed by atoms with E-state index in [-0.39, 0.29) is 0 Å². The van der Waals surface area contributed by atoms with Gasteiger partial charge < -0.3 is 0 Å². The Morgan fingerprint density at radius 3 is 2.29 bits per heavy atom. The first-order chi connectivity index (χ1) is 3.29. The lowest BCUT2D eigenvalue weighted by Gasteiger charge is -1.99. The molecule has 3 atom stereocenters. The van der Waals surface area contributed by atoms with Gasteiger partial charge in [0.05, 0.1) is 0 Å². The highest BCUT2D eigenvalue weighted by molar-refractivity contribution is 5.22. The van der Waals surface area contributed by atoms with Crippen LogP contribution in [0.25, 0.3) is 0 Å².